The monoisotopic (exact) mass is 416 g/mol. The molecule has 8 N–H and O–H groups in total. The van der Waals surface area contributed by atoms with Crippen molar-refractivity contribution in [3.63, 3.8) is 0 Å². The molecule has 0 amide bonds. The van der Waals surface area contributed by atoms with E-state index in [0.717, 1.165) is 0 Å². The maximum Gasteiger partial charge on any atom is 0.333 e. The molecular formula is C12H27NNaO11S. The Bertz CT molecular complexity index is 572. The molecule has 153 valence electrons. The van der Waals surface area contributed by atoms with Crippen molar-refractivity contribution < 1.29 is 52.7 Å². The van der Waals surface area contributed by atoms with E-state index in [4.69, 9.17) is 33.0 Å². The Morgan fingerprint density at radius 2 is 1.62 bits per heavy atom. The summed E-state index contributed by atoms with van der Waals surface area (Å²) in [6, 6.07) is 0. The molecule has 0 spiro atoms. The van der Waals surface area contributed by atoms with Gasteiger partial charge in [-0.05, 0) is 27.7 Å². The number of nitrogens with two attached hydrogens (primary N) is 1. The van der Waals surface area contributed by atoms with Crippen molar-refractivity contribution in [3.8, 4) is 0 Å². The third-order valence-electron chi connectivity index (χ3n) is 3.70. The van der Waals surface area contributed by atoms with Crippen LogP contribution in [0.5, 0.6) is 0 Å². The fourth-order valence-electron chi connectivity index (χ4n) is 3.11. The van der Waals surface area contributed by atoms with Gasteiger partial charge in [-0.1, -0.05) is 0 Å². The van der Waals surface area contributed by atoms with Gasteiger partial charge in [0.2, 0.25) is 5.79 Å². The van der Waals surface area contributed by atoms with Crippen LogP contribution in [0.15, 0.2) is 0 Å². The zero-order chi connectivity index (χ0) is 16.4. The molecule has 0 unspecified atom stereocenters. The number of hydrogen-bond donors (Lipinski definition) is 1. The largest absolute Gasteiger partial charge is 0.412 e. The molecule has 3 aliphatic heterocycles. The van der Waals surface area contributed by atoms with Crippen LogP contribution in [0.3, 0.4) is 0 Å². The first-order valence-corrected chi connectivity index (χ1v) is 8.43. The second-order valence-corrected chi connectivity index (χ2v) is 7.78. The molecule has 0 aromatic rings. The zero-order valence-corrected chi connectivity index (χ0v) is 18.2. The Labute approximate surface area is 174 Å². The normalized spacial score (nSPS) is 36.3. The summed E-state index contributed by atoms with van der Waals surface area (Å²) < 4.78 is 55.9. The van der Waals surface area contributed by atoms with Gasteiger partial charge in [0.25, 0.3) is 0 Å². The van der Waals surface area contributed by atoms with Crippen molar-refractivity contribution in [2.24, 2.45) is 5.14 Å². The van der Waals surface area contributed by atoms with E-state index in [1.165, 1.54) is 0 Å². The predicted octanol–water partition coefficient (Wildman–Crippen LogP) is -3.25. The average Bonchev–Trinajstić information content (AvgIpc) is 2.78. The molecule has 14 heteroatoms. The Morgan fingerprint density at radius 3 is 2.15 bits per heavy atom. The van der Waals surface area contributed by atoms with Crippen molar-refractivity contribution in [2.75, 3.05) is 13.2 Å². The first kappa shape index (κ1) is 28.8. The predicted molar refractivity (Wildman–Crippen MR) is 88.2 cm³/mol. The maximum absolute atomic E-state index is 11.1. The Kier molecular flexibility index (Phi) is 9.87. The van der Waals surface area contributed by atoms with Crippen LogP contribution in [0.4, 0.5) is 0 Å². The Morgan fingerprint density at radius 1 is 1.04 bits per heavy atom. The van der Waals surface area contributed by atoms with E-state index < -0.39 is 46.5 Å². The van der Waals surface area contributed by atoms with E-state index in [9.17, 15) is 8.42 Å². The van der Waals surface area contributed by atoms with Crippen molar-refractivity contribution in [1.29, 1.82) is 0 Å². The molecule has 3 heterocycles. The molecule has 0 bridgehead atoms. The summed E-state index contributed by atoms with van der Waals surface area (Å²) in [5.41, 5.74) is 0. The van der Waals surface area contributed by atoms with E-state index in [2.05, 4.69) is 0 Å². The van der Waals surface area contributed by atoms with Gasteiger partial charge in [0, 0.05) is 29.6 Å². The fraction of sp³-hybridized carbons (Fsp3) is 1.00. The van der Waals surface area contributed by atoms with Crippen molar-refractivity contribution in [3.05, 3.63) is 0 Å². The molecule has 12 nitrogen and oxygen atoms in total. The molecule has 3 fully saturated rings. The van der Waals surface area contributed by atoms with Crippen LogP contribution in [-0.2, 0) is 38.2 Å². The first-order valence-electron chi connectivity index (χ1n) is 6.96. The summed E-state index contributed by atoms with van der Waals surface area (Å²) in [4.78, 5) is 0. The van der Waals surface area contributed by atoms with Crippen LogP contribution in [0, 0.1) is 0 Å². The van der Waals surface area contributed by atoms with E-state index in [0.29, 0.717) is 0 Å². The molecule has 26 heavy (non-hydrogen) atoms. The topological polar surface area (TPSA) is 210 Å². The maximum atomic E-state index is 11.1. The van der Waals surface area contributed by atoms with Crippen LogP contribution >= 0.6 is 0 Å². The molecule has 4 atom stereocenters. The van der Waals surface area contributed by atoms with Gasteiger partial charge < -0.3 is 40.1 Å². The SMILES string of the molecule is CC1(C)O[C@@H]2[C@@H](CO[C@@]3(COS(N)(=O)=O)OC(C)(C)O[C@@H]23)O1.O.O.O.[Na]. The van der Waals surface area contributed by atoms with Crippen LogP contribution in [-0.4, -0.2) is 103 Å². The molecule has 3 rings (SSSR count). The summed E-state index contributed by atoms with van der Waals surface area (Å²) in [6.45, 7) is 6.71. The number of fused-ring (bicyclic) bond motifs is 3. The second kappa shape index (κ2) is 8.92. The molecule has 3 aliphatic rings. The smallest absolute Gasteiger partial charge is 0.333 e. The molecule has 1 radical (unpaired) electrons. The molecule has 3 saturated heterocycles. The third-order valence-corrected chi connectivity index (χ3v) is 4.15. The van der Waals surface area contributed by atoms with Crippen LogP contribution in [0.1, 0.15) is 27.7 Å². The molecule has 0 saturated carbocycles. The van der Waals surface area contributed by atoms with Gasteiger partial charge in [0.1, 0.15) is 24.9 Å². The molecule has 0 aromatic heterocycles. The van der Waals surface area contributed by atoms with Crippen molar-refractivity contribution in [2.45, 2.75) is 63.4 Å². The minimum atomic E-state index is -4.14. The molecule has 0 aromatic carbocycles. The Balaban J connectivity index is 0. The van der Waals surface area contributed by atoms with Crippen LogP contribution in [0.25, 0.3) is 0 Å². The van der Waals surface area contributed by atoms with E-state index in [-0.39, 0.29) is 58.7 Å². The van der Waals surface area contributed by atoms with Gasteiger partial charge in [0.05, 0.1) is 6.61 Å². The summed E-state index contributed by atoms with van der Waals surface area (Å²) in [5.74, 6) is -3.19. The van der Waals surface area contributed by atoms with Gasteiger partial charge in [-0.15, -0.1) is 0 Å². The zero-order valence-electron chi connectivity index (χ0n) is 15.4. The second-order valence-electron chi connectivity index (χ2n) is 6.56. The first-order chi connectivity index (χ1) is 9.92. The summed E-state index contributed by atoms with van der Waals surface area (Å²) in [6.07, 6.45) is -1.50. The summed E-state index contributed by atoms with van der Waals surface area (Å²) >= 11 is 0. The summed E-state index contributed by atoms with van der Waals surface area (Å²) in [5, 5.41) is 4.89. The van der Waals surface area contributed by atoms with Crippen LogP contribution in [0.2, 0.25) is 0 Å². The number of rotatable bonds is 3. The Hall–Kier alpha value is 0.550. The van der Waals surface area contributed by atoms with Gasteiger partial charge in [-0.2, -0.15) is 8.42 Å². The van der Waals surface area contributed by atoms with Crippen molar-refractivity contribution >= 4 is 39.9 Å². The molecular weight excluding hydrogens is 389 g/mol. The quantitative estimate of drug-likeness (QED) is 0.460. The van der Waals surface area contributed by atoms with Crippen molar-refractivity contribution in [1.82, 2.24) is 0 Å². The number of hydrogen-bond acceptors (Lipinski definition) is 8. The van der Waals surface area contributed by atoms with E-state index in [1.54, 1.807) is 27.7 Å². The minimum Gasteiger partial charge on any atom is -0.412 e. The van der Waals surface area contributed by atoms with E-state index >= 15 is 0 Å². The van der Waals surface area contributed by atoms with Gasteiger partial charge in [-0.25, -0.2) is 5.14 Å². The summed E-state index contributed by atoms with van der Waals surface area (Å²) in [7, 11) is -4.14. The number of ether oxygens (including phenoxy) is 5. The van der Waals surface area contributed by atoms with Crippen LogP contribution < -0.4 is 5.14 Å². The fourth-order valence-corrected chi connectivity index (χ4v) is 3.44. The van der Waals surface area contributed by atoms with Gasteiger partial charge in [0.15, 0.2) is 11.6 Å². The minimum absolute atomic E-state index is 0. The third kappa shape index (κ3) is 5.78. The molecule has 0 aliphatic carbocycles. The average molecular weight is 416 g/mol. The standard InChI is InChI=1S/C12H21NO8S.Na.3H2O/c1-10(2)18-7-5-16-12(6-17-22(13,14)15)9(8(7)19-10)20-11(3,4)21-12;;;;/h7-9H,5-6H2,1-4H3,(H2,13,14,15);;3*1H2/t7-,8-,9+,12+;;;;/m1..../s1. The van der Waals surface area contributed by atoms with E-state index in [1.807, 2.05) is 0 Å². The van der Waals surface area contributed by atoms with Gasteiger partial charge in [-0.3, -0.25) is 4.18 Å². The van der Waals surface area contributed by atoms with Gasteiger partial charge >= 0.3 is 10.3 Å².